The lowest BCUT2D eigenvalue weighted by atomic mass is 9.91. The minimum atomic E-state index is -2.94. The van der Waals surface area contributed by atoms with Gasteiger partial charge >= 0.3 is 0 Å². The number of ketones is 2. The first-order chi connectivity index (χ1) is 13.8. The summed E-state index contributed by atoms with van der Waals surface area (Å²) in [6.45, 7) is 0. The van der Waals surface area contributed by atoms with Crippen LogP contribution in [-0.2, 0) is 4.74 Å². The minimum Gasteiger partial charge on any atom is -0.400 e. The third kappa shape index (κ3) is 4.68. The zero-order valence-electron chi connectivity index (χ0n) is 15.6. The second kappa shape index (κ2) is 9.71. The molecule has 2 atom stereocenters. The van der Waals surface area contributed by atoms with Crippen molar-refractivity contribution < 1.29 is 37.0 Å². The lowest BCUT2D eigenvalue weighted by Gasteiger charge is -2.20. The molecule has 2 unspecified atom stereocenters. The Labute approximate surface area is 164 Å². The van der Waals surface area contributed by atoms with Crippen LogP contribution in [0.4, 0.5) is 17.6 Å². The number of hydrogen-bond acceptors (Lipinski definition) is 5. The summed E-state index contributed by atoms with van der Waals surface area (Å²) in [5.74, 6) is -1.93. The number of pyridine rings is 1. The highest BCUT2D eigenvalue weighted by molar-refractivity contribution is 6.26. The molecule has 1 aromatic heterocycles. The Balaban J connectivity index is 0.00000145. The van der Waals surface area contributed by atoms with Crippen LogP contribution in [0.5, 0.6) is 0 Å². The predicted octanol–water partition coefficient (Wildman–Crippen LogP) is 4.34. The number of Topliss-reactive ketones (excluding diaryl/α,β-unsaturated/α-hetero) is 2. The number of rotatable bonds is 6. The summed E-state index contributed by atoms with van der Waals surface area (Å²) >= 11 is 0. The Bertz CT molecular complexity index is 827. The van der Waals surface area contributed by atoms with Gasteiger partial charge in [-0.15, -0.1) is 0 Å². The van der Waals surface area contributed by atoms with Crippen molar-refractivity contribution in [3.63, 3.8) is 0 Å². The Hall–Kier alpha value is -2.65. The van der Waals surface area contributed by atoms with Crippen molar-refractivity contribution in [3.8, 4) is 0 Å². The maximum absolute atomic E-state index is 13.1. The molecule has 1 aliphatic carbocycles. The molecular formula is C20H19F4NO4. The average Bonchev–Trinajstić information content (AvgIpc) is 2.97. The molecule has 1 aromatic carbocycles. The van der Waals surface area contributed by atoms with Gasteiger partial charge in [0.15, 0.2) is 11.6 Å². The molecule has 0 amide bonds. The van der Waals surface area contributed by atoms with Gasteiger partial charge in [-0.25, -0.2) is 17.6 Å². The fourth-order valence-corrected chi connectivity index (χ4v) is 3.24. The molecule has 29 heavy (non-hydrogen) atoms. The first-order valence-corrected chi connectivity index (χ1v) is 8.54. The summed E-state index contributed by atoms with van der Waals surface area (Å²) in [5, 5.41) is 7.00. The van der Waals surface area contributed by atoms with Gasteiger partial charge in [0, 0.05) is 48.9 Å². The van der Waals surface area contributed by atoms with Crippen molar-refractivity contribution in [1.29, 1.82) is 0 Å². The first-order valence-electron chi connectivity index (χ1n) is 8.54. The summed E-state index contributed by atoms with van der Waals surface area (Å²) in [5.41, 5.74) is -0.635. The number of aromatic nitrogens is 1. The van der Waals surface area contributed by atoms with E-state index in [2.05, 4.69) is 4.98 Å². The number of alkyl halides is 4. The molecule has 0 bridgehead atoms. The zero-order valence-corrected chi connectivity index (χ0v) is 15.6. The molecule has 1 heterocycles. The predicted molar refractivity (Wildman–Crippen MR) is 95.3 cm³/mol. The van der Waals surface area contributed by atoms with Crippen molar-refractivity contribution >= 4 is 11.6 Å². The van der Waals surface area contributed by atoms with Crippen LogP contribution in [0.3, 0.4) is 0 Å². The minimum absolute atomic E-state index is 0.0697. The van der Waals surface area contributed by atoms with Gasteiger partial charge in [0.2, 0.25) is 0 Å². The molecule has 1 N–H and O–H groups in total. The summed E-state index contributed by atoms with van der Waals surface area (Å²) in [4.78, 5) is 28.8. The van der Waals surface area contributed by atoms with Crippen LogP contribution in [0, 0.1) is 5.92 Å². The molecule has 9 heteroatoms. The molecule has 5 nitrogen and oxygen atoms in total. The number of hydrogen-bond donors (Lipinski definition) is 1. The van der Waals surface area contributed by atoms with E-state index < -0.39 is 47.6 Å². The van der Waals surface area contributed by atoms with E-state index in [1.165, 1.54) is 25.6 Å². The molecular weight excluding hydrogens is 394 g/mol. The monoisotopic (exact) mass is 413 g/mol. The molecule has 0 radical (unpaired) electrons. The number of aliphatic hydroxyl groups excluding tert-OH is 1. The molecule has 0 spiro atoms. The summed E-state index contributed by atoms with van der Waals surface area (Å²) in [7, 11) is 2.26. The van der Waals surface area contributed by atoms with E-state index in [0.29, 0.717) is 0 Å². The first kappa shape index (κ1) is 22.6. The standard InChI is InChI=1S/C19H15F4NO3.CH4O/c1-27-15(9-4-10(18(20)21)6-11(5-9)19(22)23)7-13-16(25)12-2-3-24-8-14(12)17(13)26;1-2/h2-6,8,13,15,18-19H,7H2,1H3;2H,1H3. The van der Waals surface area contributed by atoms with Gasteiger partial charge in [-0.3, -0.25) is 14.6 Å². The summed E-state index contributed by atoms with van der Waals surface area (Å²) in [6.07, 6.45) is -4.31. The van der Waals surface area contributed by atoms with Crippen LogP contribution in [0.15, 0.2) is 36.7 Å². The smallest absolute Gasteiger partial charge is 0.263 e. The van der Waals surface area contributed by atoms with Crippen molar-refractivity contribution in [2.75, 3.05) is 14.2 Å². The van der Waals surface area contributed by atoms with Gasteiger partial charge in [0.25, 0.3) is 12.9 Å². The Morgan fingerprint density at radius 3 is 1.97 bits per heavy atom. The maximum Gasteiger partial charge on any atom is 0.263 e. The fraction of sp³-hybridized carbons (Fsp3) is 0.350. The molecule has 0 fully saturated rings. The SMILES string of the molecule is CO.COC(CC1C(=O)c2ccncc2C1=O)c1cc(C(F)F)cc(C(F)F)c1. The van der Waals surface area contributed by atoms with E-state index in [-0.39, 0.29) is 23.1 Å². The van der Waals surface area contributed by atoms with Crippen LogP contribution in [0.1, 0.15) is 62.8 Å². The number of methoxy groups -OCH3 is 1. The molecule has 0 saturated heterocycles. The normalized spacial score (nSPS) is 16.7. The van der Waals surface area contributed by atoms with Crippen LogP contribution in [0.2, 0.25) is 0 Å². The lowest BCUT2D eigenvalue weighted by molar-refractivity contribution is 0.0619. The topological polar surface area (TPSA) is 76.5 Å². The third-order valence-corrected chi connectivity index (χ3v) is 4.60. The average molecular weight is 413 g/mol. The van der Waals surface area contributed by atoms with E-state index in [9.17, 15) is 27.2 Å². The number of carbonyl (C=O) groups is 2. The number of ether oxygens (including phenoxy) is 1. The largest absolute Gasteiger partial charge is 0.400 e. The fourth-order valence-electron chi connectivity index (χ4n) is 3.24. The number of carbonyl (C=O) groups excluding carboxylic acids is 2. The van der Waals surface area contributed by atoms with Gasteiger partial charge in [-0.1, -0.05) is 0 Å². The second-order valence-electron chi connectivity index (χ2n) is 6.20. The van der Waals surface area contributed by atoms with Gasteiger partial charge in [-0.05, 0) is 36.2 Å². The molecule has 0 aliphatic heterocycles. The highest BCUT2D eigenvalue weighted by Gasteiger charge is 2.40. The van der Waals surface area contributed by atoms with E-state index in [4.69, 9.17) is 9.84 Å². The van der Waals surface area contributed by atoms with Gasteiger partial charge in [-0.2, -0.15) is 0 Å². The summed E-state index contributed by atoms with van der Waals surface area (Å²) in [6, 6.07) is 4.29. The maximum atomic E-state index is 13.1. The zero-order chi connectivity index (χ0) is 21.7. The Morgan fingerprint density at radius 2 is 1.48 bits per heavy atom. The Kier molecular flexibility index (Phi) is 7.58. The van der Waals surface area contributed by atoms with Crippen molar-refractivity contribution in [3.05, 3.63) is 64.5 Å². The summed E-state index contributed by atoms with van der Waals surface area (Å²) < 4.78 is 57.5. The van der Waals surface area contributed by atoms with Crippen LogP contribution < -0.4 is 0 Å². The van der Waals surface area contributed by atoms with Crippen molar-refractivity contribution in [2.45, 2.75) is 25.4 Å². The van der Waals surface area contributed by atoms with Crippen molar-refractivity contribution in [1.82, 2.24) is 4.98 Å². The molecule has 0 saturated carbocycles. The van der Waals surface area contributed by atoms with E-state index in [1.807, 2.05) is 0 Å². The van der Waals surface area contributed by atoms with Gasteiger partial charge < -0.3 is 9.84 Å². The second-order valence-corrected chi connectivity index (χ2v) is 6.20. The van der Waals surface area contributed by atoms with E-state index in [0.717, 1.165) is 25.3 Å². The highest BCUT2D eigenvalue weighted by atomic mass is 19.3. The van der Waals surface area contributed by atoms with Crippen LogP contribution in [0.25, 0.3) is 0 Å². The number of fused-ring (bicyclic) bond motifs is 1. The highest BCUT2D eigenvalue weighted by Crippen LogP contribution is 2.36. The van der Waals surface area contributed by atoms with Crippen molar-refractivity contribution in [2.24, 2.45) is 5.92 Å². The number of aliphatic hydroxyl groups is 1. The lowest BCUT2D eigenvalue weighted by Crippen LogP contribution is -2.20. The van der Waals surface area contributed by atoms with Crippen LogP contribution in [-0.4, -0.2) is 35.9 Å². The number of benzene rings is 1. The van der Waals surface area contributed by atoms with Gasteiger partial charge in [0.1, 0.15) is 0 Å². The quantitative estimate of drug-likeness (QED) is 0.563. The third-order valence-electron chi connectivity index (χ3n) is 4.60. The molecule has 2 aromatic rings. The molecule has 3 rings (SSSR count). The molecule has 156 valence electrons. The van der Waals surface area contributed by atoms with E-state index in [1.54, 1.807) is 0 Å². The number of halogens is 4. The number of nitrogens with zero attached hydrogens (tertiary/aromatic N) is 1. The molecule has 1 aliphatic rings. The Morgan fingerprint density at radius 1 is 0.966 bits per heavy atom. The van der Waals surface area contributed by atoms with Crippen LogP contribution >= 0.6 is 0 Å². The van der Waals surface area contributed by atoms with E-state index >= 15 is 0 Å². The van der Waals surface area contributed by atoms with Gasteiger partial charge in [0.05, 0.1) is 12.0 Å².